The van der Waals surface area contributed by atoms with Gasteiger partial charge in [0.25, 0.3) is 0 Å². The topological polar surface area (TPSA) is 55.8 Å². The molecule has 2 rings (SSSR count). The van der Waals surface area contributed by atoms with Gasteiger partial charge >= 0.3 is 0 Å². The van der Waals surface area contributed by atoms with Crippen LogP contribution in [0.15, 0.2) is 24.3 Å². The van der Waals surface area contributed by atoms with Crippen LogP contribution in [0.1, 0.15) is 6.92 Å². The molecular weight excluding hydrogens is 290 g/mol. The Morgan fingerprint density at radius 3 is 2.62 bits per heavy atom. The Labute approximate surface area is 130 Å². The van der Waals surface area contributed by atoms with Crippen LogP contribution in [0.3, 0.4) is 0 Å². The van der Waals surface area contributed by atoms with E-state index in [1.165, 1.54) is 0 Å². The number of carbonyl (C=O) groups excluding carboxylic acids is 1. The van der Waals surface area contributed by atoms with Crippen molar-refractivity contribution in [3.63, 3.8) is 0 Å². The second-order valence-corrected chi connectivity index (χ2v) is 5.51. The van der Waals surface area contributed by atoms with Crippen LogP contribution in [0, 0.1) is 0 Å². The number of aliphatic hydroxyl groups is 1. The molecule has 116 valence electrons. The van der Waals surface area contributed by atoms with E-state index in [0.717, 1.165) is 37.6 Å². The van der Waals surface area contributed by atoms with Gasteiger partial charge < -0.3 is 20.2 Å². The Morgan fingerprint density at radius 2 is 2.00 bits per heavy atom. The number of nitrogens with zero attached hydrogens (tertiary/aromatic N) is 2. The van der Waals surface area contributed by atoms with Crippen molar-refractivity contribution in [3.8, 4) is 0 Å². The van der Waals surface area contributed by atoms with Crippen molar-refractivity contribution in [3.05, 3.63) is 24.3 Å². The standard InChI is InChI=1S/C15H22ClN3O2/c1-12(20)18-6-8-19(9-7-18)15-5-3-2-4-14(15)17-11-13(21)10-16/h2-5,13,17,21H,6-11H2,1H3. The van der Waals surface area contributed by atoms with Crippen molar-refractivity contribution < 1.29 is 9.90 Å². The Bertz CT molecular complexity index is 476. The zero-order valence-corrected chi connectivity index (χ0v) is 13.0. The number of amides is 1. The van der Waals surface area contributed by atoms with Crippen LogP contribution in [0.5, 0.6) is 0 Å². The van der Waals surface area contributed by atoms with Crippen molar-refractivity contribution in [1.82, 2.24) is 4.90 Å². The quantitative estimate of drug-likeness (QED) is 0.806. The van der Waals surface area contributed by atoms with Gasteiger partial charge in [-0.05, 0) is 12.1 Å². The highest BCUT2D eigenvalue weighted by Crippen LogP contribution is 2.26. The van der Waals surface area contributed by atoms with Crippen LogP contribution in [0.2, 0.25) is 0 Å². The number of hydrogen-bond donors (Lipinski definition) is 2. The van der Waals surface area contributed by atoms with E-state index in [1.54, 1.807) is 6.92 Å². The lowest BCUT2D eigenvalue weighted by molar-refractivity contribution is -0.129. The number of alkyl halides is 1. The van der Waals surface area contributed by atoms with Gasteiger partial charge in [-0.2, -0.15) is 0 Å². The summed E-state index contributed by atoms with van der Waals surface area (Å²) in [5.74, 6) is 0.346. The molecule has 1 aliphatic rings. The molecule has 0 radical (unpaired) electrons. The van der Waals surface area contributed by atoms with E-state index in [1.807, 2.05) is 23.1 Å². The fourth-order valence-electron chi connectivity index (χ4n) is 2.44. The number of benzene rings is 1. The molecule has 1 aromatic rings. The summed E-state index contributed by atoms with van der Waals surface area (Å²) in [6, 6.07) is 8.01. The predicted octanol–water partition coefficient (Wildman–Crippen LogP) is 1.37. The van der Waals surface area contributed by atoms with Gasteiger partial charge in [-0.3, -0.25) is 4.79 Å². The Balaban J connectivity index is 2.01. The molecule has 21 heavy (non-hydrogen) atoms. The first-order valence-corrected chi connectivity index (χ1v) is 7.72. The van der Waals surface area contributed by atoms with Crippen LogP contribution >= 0.6 is 11.6 Å². The molecule has 1 heterocycles. The number of piperazine rings is 1. The maximum Gasteiger partial charge on any atom is 0.219 e. The molecule has 0 saturated carbocycles. The predicted molar refractivity (Wildman–Crippen MR) is 86.1 cm³/mol. The number of carbonyl (C=O) groups is 1. The van der Waals surface area contributed by atoms with E-state index < -0.39 is 6.10 Å². The summed E-state index contributed by atoms with van der Waals surface area (Å²) in [6.07, 6.45) is -0.561. The summed E-state index contributed by atoms with van der Waals surface area (Å²) < 4.78 is 0. The number of nitrogens with one attached hydrogen (secondary N) is 1. The smallest absolute Gasteiger partial charge is 0.219 e. The third kappa shape index (κ3) is 4.25. The third-order valence-corrected chi connectivity index (χ3v) is 4.03. The number of aliphatic hydroxyl groups excluding tert-OH is 1. The molecule has 2 N–H and O–H groups in total. The van der Waals surface area contributed by atoms with Crippen LogP contribution < -0.4 is 10.2 Å². The summed E-state index contributed by atoms with van der Waals surface area (Å²) in [7, 11) is 0. The lowest BCUT2D eigenvalue weighted by Gasteiger charge is -2.36. The molecule has 0 aromatic heterocycles. The Kier molecular flexibility index (Phi) is 5.70. The molecule has 1 aromatic carbocycles. The maximum absolute atomic E-state index is 11.4. The number of anilines is 2. The fourth-order valence-corrected chi connectivity index (χ4v) is 2.55. The van der Waals surface area contributed by atoms with Gasteiger partial charge in [0.15, 0.2) is 0 Å². The molecule has 1 unspecified atom stereocenters. The van der Waals surface area contributed by atoms with Crippen molar-refractivity contribution >= 4 is 28.9 Å². The first kappa shape index (κ1) is 15.9. The van der Waals surface area contributed by atoms with Crippen LogP contribution in [0.4, 0.5) is 11.4 Å². The van der Waals surface area contributed by atoms with Gasteiger partial charge in [-0.1, -0.05) is 12.1 Å². The normalized spacial score (nSPS) is 16.7. The SMILES string of the molecule is CC(=O)N1CCN(c2ccccc2NCC(O)CCl)CC1. The van der Waals surface area contributed by atoms with Crippen LogP contribution in [0.25, 0.3) is 0 Å². The van der Waals surface area contributed by atoms with Gasteiger partial charge in [-0.15, -0.1) is 11.6 Å². The van der Waals surface area contributed by atoms with E-state index in [-0.39, 0.29) is 11.8 Å². The molecular formula is C15H22ClN3O2. The summed E-state index contributed by atoms with van der Waals surface area (Å²) in [5, 5.41) is 12.8. The number of halogens is 1. The number of rotatable bonds is 5. The summed E-state index contributed by atoms with van der Waals surface area (Å²) >= 11 is 5.61. The first-order chi connectivity index (χ1) is 10.1. The van der Waals surface area contributed by atoms with Gasteiger partial charge in [0.05, 0.1) is 23.4 Å². The molecule has 1 saturated heterocycles. The van der Waals surface area contributed by atoms with Crippen LogP contribution in [-0.4, -0.2) is 60.6 Å². The Hall–Kier alpha value is -1.46. The first-order valence-electron chi connectivity index (χ1n) is 7.19. The van der Waals surface area contributed by atoms with Crippen molar-refractivity contribution in [2.75, 3.05) is 48.8 Å². The molecule has 1 fully saturated rings. The summed E-state index contributed by atoms with van der Waals surface area (Å²) in [6.45, 7) is 5.15. The van der Waals surface area contributed by atoms with Crippen molar-refractivity contribution in [1.29, 1.82) is 0 Å². The minimum Gasteiger partial charge on any atom is -0.390 e. The van der Waals surface area contributed by atoms with E-state index in [4.69, 9.17) is 11.6 Å². The fraction of sp³-hybridized carbons (Fsp3) is 0.533. The molecule has 0 bridgehead atoms. The van der Waals surface area contributed by atoms with E-state index in [0.29, 0.717) is 6.54 Å². The molecule has 1 amide bonds. The highest BCUT2D eigenvalue weighted by Gasteiger charge is 2.20. The highest BCUT2D eigenvalue weighted by atomic mass is 35.5. The van der Waals surface area contributed by atoms with Crippen molar-refractivity contribution in [2.45, 2.75) is 13.0 Å². The number of hydrogen-bond acceptors (Lipinski definition) is 4. The zero-order valence-electron chi connectivity index (χ0n) is 12.3. The average molecular weight is 312 g/mol. The van der Waals surface area contributed by atoms with Gasteiger partial charge in [0.1, 0.15) is 0 Å². The van der Waals surface area contributed by atoms with Gasteiger partial charge in [0.2, 0.25) is 5.91 Å². The minimum absolute atomic E-state index is 0.131. The van der Waals surface area contributed by atoms with Crippen LogP contribution in [-0.2, 0) is 4.79 Å². The summed E-state index contributed by atoms with van der Waals surface area (Å²) in [5.41, 5.74) is 2.08. The highest BCUT2D eigenvalue weighted by molar-refractivity contribution is 6.18. The monoisotopic (exact) mass is 311 g/mol. The van der Waals surface area contributed by atoms with E-state index in [2.05, 4.69) is 16.3 Å². The second kappa shape index (κ2) is 7.52. The van der Waals surface area contributed by atoms with Gasteiger partial charge in [-0.25, -0.2) is 0 Å². The lowest BCUT2D eigenvalue weighted by atomic mass is 10.2. The summed E-state index contributed by atoms with van der Waals surface area (Å²) in [4.78, 5) is 15.5. The molecule has 0 aliphatic carbocycles. The zero-order chi connectivity index (χ0) is 15.2. The maximum atomic E-state index is 11.4. The van der Waals surface area contributed by atoms with E-state index >= 15 is 0 Å². The lowest BCUT2D eigenvalue weighted by Crippen LogP contribution is -2.48. The largest absolute Gasteiger partial charge is 0.390 e. The molecule has 1 atom stereocenters. The minimum atomic E-state index is -0.561. The molecule has 5 nitrogen and oxygen atoms in total. The molecule has 6 heteroatoms. The van der Waals surface area contributed by atoms with E-state index in [9.17, 15) is 9.90 Å². The third-order valence-electron chi connectivity index (χ3n) is 3.68. The Morgan fingerprint density at radius 1 is 1.33 bits per heavy atom. The number of para-hydroxylation sites is 2. The van der Waals surface area contributed by atoms with Gasteiger partial charge in [0, 0.05) is 39.6 Å². The van der Waals surface area contributed by atoms with Crippen molar-refractivity contribution in [2.24, 2.45) is 0 Å². The molecule has 1 aliphatic heterocycles. The molecule has 0 spiro atoms. The average Bonchev–Trinajstić information content (AvgIpc) is 2.53. The second-order valence-electron chi connectivity index (χ2n) is 5.20.